The van der Waals surface area contributed by atoms with Gasteiger partial charge in [-0.2, -0.15) is 4.31 Å². The topological polar surface area (TPSA) is 75.7 Å². The van der Waals surface area contributed by atoms with Crippen LogP contribution in [-0.4, -0.2) is 38.8 Å². The van der Waals surface area contributed by atoms with Crippen molar-refractivity contribution in [3.05, 3.63) is 52.0 Å². The first kappa shape index (κ1) is 21.1. The summed E-state index contributed by atoms with van der Waals surface area (Å²) in [6, 6.07) is 11.7. The number of methoxy groups -OCH3 is 1. The van der Waals surface area contributed by atoms with E-state index in [1.807, 2.05) is 12.1 Å². The number of piperidine rings is 1. The van der Waals surface area contributed by atoms with E-state index in [-0.39, 0.29) is 23.1 Å². The molecule has 3 rings (SSSR count). The first-order valence-corrected chi connectivity index (χ1v) is 11.3. The maximum atomic E-state index is 13.1. The second-order valence-electron chi connectivity index (χ2n) is 6.49. The van der Waals surface area contributed by atoms with Crippen LogP contribution in [0.3, 0.4) is 0 Å². The van der Waals surface area contributed by atoms with Crippen LogP contribution in [0.25, 0.3) is 0 Å². The quantitative estimate of drug-likeness (QED) is 0.687. The lowest BCUT2D eigenvalue weighted by atomic mass is 9.99. The summed E-state index contributed by atoms with van der Waals surface area (Å²) in [6.07, 6.45) is 1.22. The van der Waals surface area contributed by atoms with Crippen LogP contribution < -0.4 is 10.1 Å². The Labute approximate surface area is 178 Å². The number of sulfonamides is 1. The molecule has 2 aromatic rings. The van der Waals surface area contributed by atoms with Gasteiger partial charge in [-0.1, -0.05) is 27.5 Å². The first-order chi connectivity index (χ1) is 13.3. The van der Waals surface area contributed by atoms with E-state index in [0.29, 0.717) is 30.1 Å². The van der Waals surface area contributed by atoms with Crippen LogP contribution in [0.15, 0.2) is 51.8 Å². The average Bonchev–Trinajstić information content (AvgIpc) is 2.69. The highest BCUT2D eigenvalue weighted by Gasteiger charge is 2.35. The summed E-state index contributed by atoms with van der Waals surface area (Å²) in [7, 11) is -2.42. The minimum absolute atomic E-state index is 0.0106. The van der Waals surface area contributed by atoms with Crippen molar-refractivity contribution in [3.8, 4) is 5.75 Å². The molecule has 1 fully saturated rings. The van der Waals surface area contributed by atoms with E-state index in [2.05, 4.69) is 21.2 Å². The molecule has 0 radical (unpaired) electrons. The van der Waals surface area contributed by atoms with E-state index < -0.39 is 15.9 Å². The van der Waals surface area contributed by atoms with Crippen molar-refractivity contribution < 1.29 is 17.9 Å². The molecule has 0 bridgehead atoms. The number of anilines is 1. The zero-order valence-corrected chi connectivity index (χ0v) is 18.4. The third-order valence-electron chi connectivity index (χ3n) is 4.61. The van der Waals surface area contributed by atoms with Gasteiger partial charge in [0.2, 0.25) is 15.9 Å². The molecule has 0 spiro atoms. The Morgan fingerprint density at radius 2 is 1.96 bits per heavy atom. The number of benzene rings is 2. The zero-order valence-electron chi connectivity index (χ0n) is 15.2. The number of hydrogen-bond acceptors (Lipinski definition) is 4. The number of rotatable bonds is 5. The van der Waals surface area contributed by atoms with E-state index in [1.54, 1.807) is 18.2 Å². The third-order valence-corrected chi connectivity index (χ3v) is 7.26. The van der Waals surface area contributed by atoms with Crippen molar-refractivity contribution in [3.63, 3.8) is 0 Å². The second kappa shape index (κ2) is 8.82. The van der Waals surface area contributed by atoms with Gasteiger partial charge in [0.1, 0.15) is 10.6 Å². The fourth-order valence-electron chi connectivity index (χ4n) is 3.14. The Bertz CT molecular complexity index is 966. The highest BCUT2D eigenvalue weighted by molar-refractivity contribution is 9.10. The normalized spacial score (nSPS) is 17.9. The van der Waals surface area contributed by atoms with Crippen molar-refractivity contribution in [2.24, 2.45) is 5.92 Å². The molecule has 1 atom stereocenters. The Hall–Kier alpha value is -1.61. The largest absolute Gasteiger partial charge is 0.495 e. The van der Waals surface area contributed by atoms with Crippen LogP contribution in [0.4, 0.5) is 5.69 Å². The maximum Gasteiger partial charge on any atom is 0.246 e. The molecule has 1 amide bonds. The van der Waals surface area contributed by atoms with Gasteiger partial charge in [0.15, 0.2) is 0 Å². The standard InChI is InChI=1S/C19H20BrClN2O4S/c1-27-17-9-6-15(21)11-18(17)28(25,26)23-10-2-3-13(12-23)19(24)22-16-7-4-14(20)5-8-16/h4-9,11,13H,2-3,10,12H2,1H3,(H,22,24)/t13-/m0/s1. The molecule has 0 saturated carbocycles. The van der Waals surface area contributed by atoms with Gasteiger partial charge in [-0.05, 0) is 55.3 Å². The molecule has 0 unspecified atom stereocenters. The highest BCUT2D eigenvalue weighted by atomic mass is 79.9. The Morgan fingerprint density at radius 1 is 1.25 bits per heavy atom. The van der Waals surface area contributed by atoms with E-state index >= 15 is 0 Å². The maximum absolute atomic E-state index is 13.1. The SMILES string of the molecule is COc1ccc(Cl)cc1S(=O)(=O)N1CCC[C@H](C(=O)Nc2ccc(Br)cc2)C1. The molecular formula is C19H20BrClN2O4S. The van der Waals surface area contributed by atoms with Crippen molar-refractivity contribution in [1.29, 1.82) is 0 Å². The molecule has 0 aliphatic carbocycles. The monoisotopic (exact) mass is 486 g/mol. The fraction of sp³-hybridized carbons (Fsp3) is 0.316. The summed E-state index contributed by atoms with van der Waals surface area (Å²) >= 11 is 9.34. The lowest BCUT2D eigenvalue weighted by Crippen LogP contribution is -2.43. The zero-order chi connectivity index (χ0) is 20.3. The van der Waals surface area contributed by atoms with Gasteiger partial charge in [-0.15, -0.1) is 0 Å². The average molecular weight is 488 g/mol. The molecule has 6 nitrogen and oxygen atoms in total. The molecule has 1 N–H and O–H groups in total. The first-order valence-electron chi connectivity index (χ1n) is 8.71. The van der Waals surface area contributed by atoms with Gasteiger partial charge in [0.05, 0.1) is 13.0 Å². The number of nitrogens with one attached hydrogen (secondary N) is 1. The van der Waals surface area contributed by atoms with Crippen LogP contribution in [0, 0.1) is 5.92 Å². The molecule has 1 heterocycles. The van der Waals surface area contributed by atoms with Gasteiger partial charge < -0.3 is 10.1 Å². The van der Waals surface area contributed by atoms with Gasteiger partial charge in [0.25, 0.3) is 0 Å². The highest BCUT2D eigenvalue weighted by Crippen LogP contribution is 2.32. The second-order valence-corrected chi connectivity index (χ2v) is 9.75. The summed E-state index contributed by atoms with van der Waals surface area (Å²) in [4.78, 5) is 12.7. The number of ether oxygens (including phenoxy) is 1. The molecule has 28 heavy (non-hydrogen) atoms. The van der Waals surface area contributed by atoms with E-state index in [9.17, 15) is 13.2 Å². The van der Waals surface area contributed by atoms with Crippen LogP contribution >= 0.6 is 27.5 Å². The smallest absolute Gasteiger partial charge is 0.246 e. The van der Waals surface area contributed by atoms with Crippen molar-refractivity contribution in [2.45, 2.75) is 17.7 Å². The van der Waals surface area contributed by atoms with Crippen LogP contribution in [0.5, 0.6) is 5.75 Å². The summed E-state index contributed by atoms with van der Waals surface area (Å²) in [5.41, 5.74) is 0.671. The molecule has 1 saturated heterocycles. The number of amides is 1. The molecule has 1 aliphatic heterocycles. The molecule has 150 valence electrons. The predicted molar refractivity (Wildman–Crippen MR) is 112 cm³/mol. The van der Waals surface area contributed by atoms with E-state index in [1.165, 1.54) is 23.5 Å². The van der Waals surface area contributed by atoms with Crippen LogP contribution in [-0.2, 0) is 14.8 Å². The van der Waals surface area contributed by atoms with Gasteiger partial charge >= 0.3 is 0 Å². The van der Waals surface area contributed by atoms with E-state index in [4.69, 9.17) is 16.3 Å². The Morgan fingerprint density at radius 3 is 2.64 bits per heavy atom. The number of carbonyl (C=O) groups excluding carboxylic acids is 1. The number of hydrogen-bond donors (Lipinski definition) is 1. The van der Waals surface area contributed by atoms with Gasteiger partial charge in [-0.25, -0.2) is 8.42 Å². The molecule has 1 aliphatic rings. The third kappa shape index (κ3) is 4.68. The minimum atomic E-state index is -3.83. The van der Waals surface area contributed by atoms with Gasteiger partial charge in [-0.3, -0.25) is 4.79 Å². The van der Waals surface area contributed by atoms with Crippen molar-refractivity contribution >= 4 is 49.1 Å². The summed E-state index contributed by atoms with van der Waals surface area (Å²) in [5, 5.41) is 3.16. The Balaban J connectivity index is 1.78. The summed E-state index contributed by atoms with van der Waals surface area (Å²) in [6.45, 7) is 0.459. The summed E-state index contributed by atoms with van der Waals surface area (Å²) in [5.74, 6) is -0.400. The summed E-state index contributed by atoms with van der Waals surface area (Å²) < 4.78 is 33.7. The van der Waals surface area contributed by atoms with Crippen LogP contribution in [0.2, 0.25) is 5.02 Å². The number of nitrogens with zero attached hydrogens (tertiary/aromatic N) is 1. The van der Waals surface area contributed by atoms with E-state index in [0.717, 1.165) is 4.47 Å². The molecular weight excluding hydrogens is 468 g/mol. The Kier molecular flexibility index (Phi) is 6.65. The number of carbonyl (C=O) groups is 1. The van der Waals surface area contributed by atoms with Crippen molar-refractivity contribution in [1.82, 2.24) is 4.31 Å². The molecule has 9 heteroatoms. The molecule has 2 aromatic carbocycles. The predicted octanol–water partition coefficient (Wildman–Crippen LogP) is 4.15. The van der Waals surface area contributed by atoms with Gasteiger partial charge in [0, 0.05) is 28.3 Å². The molecule has 0 aromatic heterocycles. The van der Waals surface area contributed by atoms with Crippen molar-refractivity contribution in [2.75, 3.05) is 25.5 Å². The lowest BCUT2D eigenvalue weighted by Gasteiger charge is -2.31. The number of halogens is 2. The fourth-order valence-corrected chi connectivity index (χ4v) is 5.35. The lowest BCUT2D eigenvalue weighted by molar-refractivity contribution is -0.120. The van der Waals surface area contributed by atoms with Crippen LogP contribution in [0.1, 0.15) is 12.8 Å². The minimum Gasteiger partial charge on any atom is -0.495 e.